The molecule has 1 atom stereocenters. The summed E-state index contributed by atoms with van der Waals surface area (Å²) in [7, 11) is 0. The third-order valence-corrected chi connectivity index (χ3v) is 3.73. The molecule has 1 fully saturated rings. The Morgan fingerprint density at radius 2 is 2.57 bits per heavy atom. The lowest BCUT2D eigenvalue weighted by Crippen LogP contribution is -2.42. The molecule has 4 heteroatoms. The minimum Gasteiger partial charge on any atom is -0.379 e. The molecule has 2 rings (SSSR count). The van der Waals surface area contributed by atoms with Crippen molar-refractivity contribution in [1.82, 2.24) is 10.3 Å². The van der Waals surface area contributed by atoms with Crippen molar-refractivity contribution in [3.8, 4) is 0 Å². The van der Waals surface area contributed by atoms with E-state index in [-0.39, 0.29) is 5.54 Å². The van der Waals surface area contributed by atoms with Gasteiger partial charge in [0.2, 0.25) is 0 Å². The first-order chi connectivity index (χ1) is 6.77. The van der Waals surface area contributed by atoms with E-state index in [0.717, 1.165) is 31.9 Å². The minimum absolute atomic E-state index is 0.00627. The molecule has 0 saturated carbocycles. The van der Waals surface area contributed by atoms with Crippen LogP contribution < -0.4 is 5.32 Å². The van der Waals surface area contributed by atoms with Crippen LogP contribution in [-0.2, 0) is 10.3 Å². The zero-order valence-corrected chi connectivity index (χ0v) is 9.49. The highest BCUT2D eigenvalue weighted by Gasteiger charge is 2.38. The summed E-state index contributed by atoms with van der Waals surface area (Å²) < 4.78 is 5.48. The third kappa shape index (κ3) is 1.69. The number of rotatable bonds is 3. The molecular formula is C10H16N2OS. The molecule has 0 radical (unpaired) electrons. The van der Waals surface area contributed by atoms with Crippen LogP contribution in [-0.4, -0.2) is 24.7 Å². The number of thiazole rings is 1. The molecule has 2 heterocycles. The van der Waals surface area contributed by atoms with Crippen molar-refractivity contribution in [3.05, 3.63) is 16.1 Å². The maximum absolute atomic E-state index is 5.48. The Bertz CT molecular complexity index is 305. The molecule has 0 bridgehead atoms. The number of nitrogens with zero attached hydrogens (tertiary/aromatic N) is 1. The van der Waals surface area contributed by atoms with Crippen molar-refractivity contribution in [2.75, 3.05) is 19.8 Å². The molecule has 0 spiro atoms. The van der Waals surface area contributed by atoms with E-state index in [9.17, 15) is 0 Å². The largest absolute Gasteiger partial charge is 0.379 e. The molecule has 14 heavy (non-hydrogen) atoms. The standard InChI is InChI=1S/C10H16N2OS/c1-3-11-10(4-5-13-7-10)9-12-8(2)6-14-9/h6,11H,3-5,7H2,1-2H3. The van der Waals surface area contributed by atoms with E-state index in [0.29, 0.717) is 0 Å². The lowest BCUT2D eigenvalue weighted by molar-refractivity contribution is 0.167. The normalized spacial score (nSPS) is 27.0. The number of likely N-dealkylation sites (N-methyl/N-ethyl adjacent to an activating group) is 1. The molecule has 1 aliphatic heterocycles. The second kappa shape index (κ2) is 3.96. The molecule has 1 aromatic rings. The molecule has 1 aromatic heterocycles. The van der Waals surface area contributed by atoms with E-state index in [1.54, 1.807) is 11.3 Å². The molecule has 0 aliphatic carbocycles. The van der Waals surface area contributed by atoms with Crippen LogP contribution in [0.1, 0.15) is 24.0 Å². The highest BCUT2D eigenvalue weighted by atomic mass is 32.1. The summed E-state index contributed by atoms with van der Waals surface area (Å²) in [5.41, 5.74) is 1.10. The van der Waals surface area contributed by atoms with Gasteiger partial charge in [0.05, 0.1) is 12.1 Å². The summed E-state index contributed by atoms with van der Waals surface area (Å²) in [6, 6.07) is 0. The van der Waals surface area contributed by atoms with Gasteiger partial charge in [0.15, 0.2) is 0 Å². The fraction of sp³-hybridized carbons (Fsp3) is 0.700. The number of ether oxygens (including phenoxy) is 1. The average Bonchev–Trinajstić information content (AvgIpc) is 2.75. The fourth-order valence-electron chi connectivity index (χ4n) is 1.86. The van der Waals surface area contributed by atoms with Crippen LogP contribution in [0.3, 0.4) is 0 Å². The SMILES string of the molecule is CCNC1(c2nc(C)cs2)CCOC1. The Balaban J connectivity index is 2.26. The number of aryl methyl sites for hydroxylation is 1. The van der Waals surface area contributed by atoms with Crippen LogP contribution in [0.25, 0.3) is 0 Å². The van der Waals surface area contributed by atoms with E-state index >= 15 is 0 Å². The van der Waals surface area contributed by atoms with Crippen molar-refractivity contribution in [2.24, 2.45) is 0 Å². The van der Waals surface area contributed by atoms with Gasteiger partial charge in [0, 0.05) is 17.7 Å². The Morgan fingerprint density at radius 3 is 3.07 bits per heavy atom. The summed E-state index contributed by atoms with van der Waals surface area (Å²) in [5, 5.41) is 6.79. The summed E-state index contributed by atoms with van der Waals surface area (Å²) >= 11 is 1.73. The molecule has 1 N–H and O–H groups in total. The lowest BCUT2D eigenvalue weighted by Gasteiger charge is -2.25. The van der Waals surface area contributed by atoms with Crippen LogP contribution in [0.4, 0.5) is 0 Å². The van der Waals surface area contributed by atoms with Gasteiger partial charge in [-0.25, -0.2) is 4.98 Å². The zero-order valence-electron chi connectivity index (χ0n) is 8.67. The van der Waals surface area contributed by atoms with Crippen LogP contribution in [0, 0.1) is 6.92 Å². The van der Waals surface area contributed by atoms with Gasteiger partial charge < -0.3 is 10.1 Å². The highest BCUT2D eigenvalue weighted by Crippen LogP contribution is 2.32. The van der Waals surface area contributed by atoms with Gasteiger partial charge in [-0.3, -0.25) is 0 Å². The lowest BCUT2D eigenvalue weighted by atomic mass is 10.00. The Labute approximate surface area is 88.5 Å². The maximum atomic E-state index is 5.48. The van der Waals surface area contributed by atoms with E-state index in [4.69, 9.17) is 4.74 Å². The second-order valence-electron chi connectivity index (χ2n) is 3.71. The first kappa shape index (κ1) is 10.1. The van der Waals surface area contributed by atoms with Gasteiger partial charge in [0.1, 0.15) is 5.01 Å². The summed E-state index contributed by atoms with van der Waals surface area (Å²) in [6.07, 6.45) is 1.04. The topological polar surface area (TPSA) is 34.2 Å². The zero-order chi connectivity index (χ0) is 10.0. The molecule has 78 valence electrons. The summed E-state index contributed by atoms with van der Waals surface area (Å²) in [4.78, 5) is 4.56. The average molecular weight is 212 g/mol. The quantitative estimate of drug-likeness (QED) is 0.827. The van der Waals surface area contributed by atoms with Crippen molar-refractivity contribution < 1.29 is 4.74 Å². The monoisotopic (exact) mass is 212 g/mol. The second-order valence-corrected chi connectivity index (χ2v) is 4.57. The first-order valence-electron chi connectivity index (χ1n) is 5.02. The van der Waals surface area contributed by atoms with E-state index in [1.165, 1.54) is 5.01 Å². The molecular weight excluding hydrogens is 196 g/mol. The Kier molecular flexibility index (Phi) is 2.85. The van der Waals surface area contributed by atoms with Crippen LogP contribution in [0.15, 0.2) is 5.38 Å². The number of aromatic nitrogens is 1. The number of hydrogen-bond donors (Lipinski definition) is 1. The van der Waals surface area contributed by atoms with Gasteiger partial charge in [0.25, 0.3) is 0 Å². The van der Waals surface area contributed by atoms with Crippen molar-refractivity contribution in [2.45, 2.75) is 25.8 Å². The molecule has 3 nitrogen and oxygen atoms in total. The fourth-order valence-corrected chi connectivity index (χ4v) is 2.85. The highest BCUT2D eigenvalue weighted by molar-refractivity contribution is 7.09. The first-order valence-corrected chi connectivity index (χ1v) is 5.90. The number of hydrogen-bond acceptors (Lipinski definition) is 4. The van der Waals surface area contributed by atoms with Gasteiger partial charge in [-0.2, -0.15) is 0 Å². The van der Waals surface area contributed by atoms with Gasteiger partial charge in [-0.15, -0.1) is 11.3 Å². The minimum atomic E-state index is -0.00627. The van der Waals surface area contributed by atoms with Crippen LogP contribution in [0.5, 0.6) is 0 Å². The number of nitrogens with one attached hydrogen (secondary N) is 1. The van der Waals surface area contributed by atoms with Gasteiger partial charge in [-0.05, 0) is 19.9 Å². The van der Waals surface area contributed by atoms with Crippen molar-refractivity contribution >= 4 is 11.3 Å². The van der Waals surface area contributed by atoms with Crippen LogP contribution in [0.2, 0.25) is 0 Å². The molecule has 0 aromatic carbocycles. The summed E-state index contributed by atoms with van der Waals surface area (Å²) in [6.45, 7) is 6.72. The maximum Gasteiger partial charge on any atom is 0.115 e. The van der Waals surface area contributed by atoms with Gasteiger partial charge >= 0.3 is 0 Å². The molecule has 1 unspecified atom stereocenters. The van der Waals surface area contributed by atoms with E-state index in [2.05, 4.69) is 22.6 Å². The predicted octanol–water partition coefficient (Wildman–Crippen LogP) is 1.68. The van der Waals surface area contributed by atoms with Crippen molar-refractivity contribution in [1.29, 1.82) is 0 Å². The Hall–Kier alpha value is -0.450. The Morgan fingerprint density at radius 1 is 1.71 bits per heavy atom. The third-order valence-electron chi connectivity index (χ3n) is 2.57. The molecule has 0 amide bonds. The van der Waals surface area contributed by atoms with E-state index < -0.39 is 0 Å². The van der Waals surface area contributed by atoms with Crippen LogP contribution >= 0.6 is 11.3 Å². The molecule has 1 saturated heterocycles. The summed E-state index contributed by atoms with van der Waals surface area (Å²) in [5.74, 6) is 0. The van der Waals surface area contributed by atoms with E-state index in [1.807, 2.05) is 6.92 Å². The molecule has 1 aliphatic rings. The van der Waals surface area contributed by atoms with Crippen molar-refractivity contribution in [3.63, 3.8) is 0 Å². The van der Waals surface area contributed by atoms with Gasteiger partial charge in [-0.1, -0.05) is 6.92 Å². The predicted molar refractivity (Wildman–Crippen MR) is 57.6 cm³/mol. The smallest absolute Gasteiger partial charge is 0.115 e.